The van der Waals surface area contributed by atoms with Crippen LogP contribution in [0, 0.1) is 10.1 Å². The van der Waals surface area contributed by atoms with Gasteiger partial charge in [-0.05, 0) is 23.6 Å². The molecule has 1 aliphatic rings. The molecular weight excluding hydrogens is 362 g/mol. The highest BCUT2D eigenvalue weighted by Crippen LogP contribution is 2.30. The third-order valence-electron chi connectivity index (χ3n) is 4.74. The second-order valence-corrected chi connectivity index (χ2v) is 6.57. The maximum absolute atomic E-state index is 12.5. The molecular formula is C20H19N3O5. The van der Waals surface area contributed by atoms with E-state index in [1.54, 1.807) is 7.05 Å². The van der Waals surface area contributed by atoms with Crippen LogP contribution in [0.5, 0.6) is 0 Å². The summed E-state index contributed by atoms with van der Waals surface area (Å²) >= 11 is 0. The van der Waals surface area contributed by atoms with Gasteiger partial charge in [-0.3, -0.25) is 29.4 Å². The Morgan fingerprint density at radius 3 is 2.32 bits per heavy atom. The predicted octanol–water partition coefficient (Wildman–Crippen LogP) is 2.41. The van der Waals surface area contributed by atoms with Gasteiger partial charge in [0.25, 0.3) is 17.5 Å². The third-order valence-corrected chi connectivity index (χ3v) is 4.74. The molecule has 0 bridgehead atoms. The van der Waals surface area contributed by atoms with Crippen LogP contribution < -0.4 is 0 Å². The molecule has 0 aliphatic carbocycles. The number of likely N-dealkylation sites (N-methyl/N-ethyl adjacent to an activating group) is 1. The summed E-state index contributed by atoms with van der Waals surface area (Å²) in [4.78, 5) is 50.2. The average Bonchev–Trinajstić information content (AvgIpc) is 2.93. The largest absolute Gasteiger partial charge is 0.340 e. The number of hydrogen-bond acceptors (Lipinski definition) is 5. The molecule has 0 unspecified atom stereocenters. The van der Waals surface area contributed by atoms with E-state index in [1.165, 1.54) is 28.7 Å². The number of fused-ring (bicyclic) bond motifs is 1. The monoisotopic (exact) mass is 381 g/mol. The Morgan fingerprint density at radius 2 is 1.71 bits per heavy atom. The van der Waals surface area contributed by atoms with Crippen molar-refractivity contribution >= 4 is 23.4 Å². The highest BCUT2D eigenvalue weighted by Gasteiger charge is 2.41. The lowest BCUT2D eigenvalue weighted by molar-refractivity contribution is -0.385. The molecule has 0 radical (unpaired) electrons. The first-order valence-corrected chi connectivity index (χ1v) is 8.78. The van der Waals surface area contributed by atoms with Crippen LogP contribution in [0.1, 0.15) is 38.8 Å². The summed E-state index contributed by atoms with van der Waals surface area (Å²) < 4.78 is 0. The Balaban J connectivity index is 1.73. The molecule has 1 heterocycles. The molecule has 0 atom stereocenters. The van der Waals surface area contributed by atoms with Crippen LogP contribution in [0.2, 0.25) is 0 Å². The van der Waals surface area contributed by atoms with Gasteiger partial charge in [0, 0.05) is 19.7 Å². The van der Waals surface area contributed by atoms with Crippen LogP contribution in [0.4, 0.5) is 5.69 Å². The van der Waals surface area contributed by atoms with Crippen molar-refractivity contribution in [1.29, 1.82) is 0 Å². The maximum Gasteiger partial charge on any atom is 0.282 e. The lowest BCUT2D eigenvalue weighted by atomic mass is 10.1. The molecule has 1 aliphatic heterocycles. The predicted molar refractivity (Wildman–Crippen MR) is 101 cm³/mol. The fourth-order valence-electron chi connectivity index (χ4n) is 3.11. The molecule has 2 aromatic rings. The number of carbonyl (C=O) groups is 3. The van der Waals surface area contributed by atoms with E-state index in [9.17, 15) is 24.5 Å². The molecule has 8 nitrogen and oxygen atoms in total. The first-order valence-electron chi connectivity index (χ1n) is 8.78. The zero-order chi connectivity index (χ0) is 20.4. The van der Waals surface area contributed by atoms with Crippen LogP contribution in [-0.2, 0) is 17.8 Å². The van der Waals surface area contributed by atoms with E-state index in [1.807, 2.05) is 24.3 Å². The van der Waals surface area contributed by atoms with Gasteiger partial charge in [-0.2, -0.15) is 0 Å². The fourth-order valence-corrected chi connectivity index (χ4v) is 3.11. The molecule has 0 fully saturated rings. The molecule has 2 aromatic carbocycles. The van der Waals surface area contributed by atoms with Gasteiger partial charge in [-0.15, -0.1) is 0 Å². The SMILES string of the molecule is CCc1ccc(CN(C)C(=O)CN2C(=O)c3cccc([N+](=O)[O-])c3C2=O)cc1. The summed E-state index contributed by atoms with van der Waals surface area (Å²) in [6, 6.07) is 11.7. The van der Waals surface area contributed by atoms with Gasteiger partial charge in [0.1, 0.15) is 12.1 Å². The van der Waals surface area contributed by atoms with Crippen LogP contribution >= 0.6 is 0 Å². The molecule has 0 N–H and O–H groups in total. The lowest BCUT2D eigenvalue weighted by Gasteiger charge is -2.21. The minimum atomic E-state index is -0.818. The summed E-state index contributed by atoms with van der Waals surface area (Å²) in [6.07, 6.45) is 0.918. The summed E-state index contributed by atoms with van der Waals surface area (Å²) in [5.41, 5.74) is 1.36. The first-order chi connectivity index (χ1) is 13.3. The van der Waals surface area contributed by atoms with Crippen molar-refractivity contribution in [3.05, 3.63) is 74.8 Å². The standard InChI is InChI=1S/C20H19N3O5/c1-3-13-7-9-14(10-8-13)11-21(2)17(24)12-22-19(25)15-5-4-6-16(23(27)28)18(15)20(22)26/h4-10H,3,11-12H2,1-2H3. The Hall–Kier alpha value is -3.55. The first kappa shape index (κ1) is 19.2. The van der Waals surface area contributed by atoms with E-state index in [-0.39, 0.29) is 11.1 Å². The molecule has 144 valence electrons. The second kappa shape index (κ2) is 7.59. The maximum atomic E-state index is 12.5. The van der Waals surface area contributed by atoms with Gasteiger partial charge < -0.3 is 4.90 Å². The fraction of sp³-hybridized carbons (Fsp3) is 0.250. The zero-order valence-electron chi connectivity index (χ0n) is 15.5. The second-order valence-electron chi connectivity index (χ2n) is 6.57. The van der Waals surface area contributed by atoms with Crippen molar-refractivity contribution in [1.82, 2.24) is 9.80 Å². The Kier molecular flexibility index (Phi) is 5.21. The van der Waals surface area contributed by atoms with Crippen molar-refractivity contribution < 1.29 is 19.3 Å². The van der Waals surface area contributed by atoms with Gasteiger partial charge in [0.2, 0.25) is 5.91 Å². The Morgan fingerprint density at radius 1 is 1.07 bits per heavy atom. The molecule has 0 saturated carbocycles. The summed E-state index contributed by atoms with van der Waals surface area (Å²) in [7, 11) is 1.58. The topological polar surface area (TPSA) is 101 Å². The molecule has 0 aromatic heterocycles. The Labute approximate surface area is 161 Å². The minimum Gasteiger partial charge on any atom is -0.340 e. The highest BCUT2D eigenvalue weighted by molar-refractivity contribution is 6.24. The molecule has 3 amide bonds. The van der Waals surface area contributed by atoms with Crippen molar-refractivity contribution in [2.45, 2.75) is 19.9 Å². The van der Waals surface area contributed by atoms with Crippen molar-refractivity contribution in [3.8, 4) is 0 Å². The summed E-state index contributed by atoms with van der Waals surface area (Å²) in [5.74, 6) is -1.95. The number of benzene rings is 2. The van der Waals surface area contributed by atoms with Crippen LogP contribution in [-0.4, -0.2) is 46.0 Å². The number of carbonyl (C=O) groups excluding carboxylic acids is 3. The number of imide groups is 1. The van der Waals surface area contributed by atoms with Gasteiger partial charge in [0.05, 0.1) is 10.5 Å². The van der Waals surface area contributed by atoms with Gasteiger partial charge in [-0.1, -0.05) is 37.3 Å². The molecule has 8 heteroatoms. The highest BCUT2D eigenvalue weighted by atomic mass is 16.6. The number of aryl methyl sites for hydroxylation is 1. The van der Waals surface area contributed by atoms with E-state index in [0.29, 0.717) is 6.54 Å². The number of amides is 3. The van der Waals surface area contributed by atoms with Crippen LogP contribution in [0.25, 0.3) is 0 Å². The van der Waals surface area contributed by atoms with E-state index < -0.39 is 34.9 Å². The number of rotatable bonds is 6. The van der Waals surface area contributed by atoms with E-state index in [0.717, 1.165) is 16.9 Å². The lowest BCUT2D eigenvalue weighted by Crippen LogP contribution is -2.41. The molecule has 28 heavy (non-hydrogen) atoms. The van der Waals surface area contributed by atoms with Gasteiger partial charge in [0.15, 0.2) is 0 Å². The summed E-state index contributed by atoms with van der Waals surface area (Å²) in [6.45, 7) is 1.91. The normalized spacial score (nSPS) is 12.9. The molecule has 0 saturated heterocycles. The number of nitro groups is 1. The smallest absolute Gasteiger partial charge is 0.282 e. The van der Waals surface area contributed by atoms with E-state index in [2.05, 4.69) is 6.92 Å². The molecule has 3 rings (SSSR count). The van der Waals surface area contributed by atoms with Crippen molar-refractivity contribution in [2.75, 3.05) is 13.6 Å². The number of hydrogen-bond donors (Lipinski definition) is 0. The minimum absolute atomic E-state index is 0.0511. The van der Waals surface area contributed by atoms with E-state index in [4.69, 9.17) is 0 Å². The quantitative estimate of drug-likeness (QED) is 0.434. The average molecular weight is 381 g/mol. The van der Waals surface area contributed by atoms with Gasteiger partial charge >= 0.3 is 0 Å². The Bertz CT molecular complexity index is 968. The van der Waals surface area contributed by atoms with Crippen LogP contribution in [0.3, 0.4) is 0 Å². The number of nitro benzene ring substituents is 1. The zero-order valence-corrected chi connectivity index (χ0v) is 15.5. The molecule has 0 spiro atoms. The van der Waals surface area contributed by atoms with Crippen LogP contribution in [0.15, 0.2) is 42.5 Å². The summed E-state index contributed by atoms with van der Waals surface area (Å²) in [5, 5.41) is 11.1. The number of nitrogens with zero attached hydrogens (tertiary/aromatic N) is 3. The van der Waals surface area contributed by atoms with E-state index >= 15 is 0 Å². The van der Waals surface area contributed by atoms with Crippen molar-refractivity contribution in [3.63, 3.8) is 0 Å². The van der Waals surface area contributed by atoms with Crippen molar-refractivity contribution in [2.24, 2.45) is 0 Å². The van der Waals surface area contributed by atoms with Gasteiger partial charge in [-0.25, -0.2) is 0 Å². The third kappa shape index (κ3) is 3.48.